The topological polar surface area (TPSA) is 50.7 Å². The summed E-state index contributed by atoms with van der Waals surface area (Å²) < 4.78 is 11.6. The predicted octanol–water partition coefficient (Wildman–Crippen LogP) is 1.46. The molecule has 1 heterocycles. The van der Waals surface area contributed by atoms with Crippen LogP contribution in [0.25, 0.3) is 0 Å². The van der Waals surface area contributed by atoms with Crippen molar-refractivity contribution in [2.75, 3.05) is 19.8 Å². The SMILES string of the molecule is OC1CCCCC1CNC1CCC2OCCOC2C1. The lowest BCUT2D eigenvalue weighted by atomic mass is 9.85. The smallest absolute Gasteiger partial charge is 0.0852 e. The molecule has 0 aromatic rings. The minimum atomic E-state index is -0.0909. The van der Waals surface area contributed by atoms with Gasteiger partial charge in [-0.05, 0) is 38.0 Å². The first-order valence-corrected chi connectivity index (χ1v) is 7.97. The van der Waals surface area contributed by atoms with E-state index < -0.39 is 0 Å². The normalized spacial score (nSPS) is 43.7. The van der Waals surface area contributed by atoms with Crippen molar-refractivity contribution >= 4 is 0 Å². The van der Waals surface area contributed by atoms with Crippen molar-refractivity contribution in [1.29, 1.82) is 0 Å². The number of hydrogen-bond donors (Lipinski definition) is 2. The van der Waals surface area contributed by atoms with Gasteiger partial charge in [0.25, 0.3) is 0 Å². The quantitative estimate of drug-likeness (QED) is 0.814. The molecule has 2 aliphatic carbocycles. The molecular formula is C15H27NO3. The Balaban J connectivity index is 1.43. The molecular weight excluding hydrogens is 242 g/mol. The molecule has 5 atom stereocenters. The minimum absolute atomic E-state index is 0.0909. The summed E-state index contributed by atoms with van der Waals surface area (Å²) in [4.78, 5) is 0. The van der Waals surface area contributed by atoms with Gasteiger partial charge in [-0.3, -0.25) is 0 Å². The molecule has 0 amide bonds. The summed E-state index contributed by atoms with van der Waals surface area (Å²) in [6.45, 7) is 2.47. The van der Waals surface area contributed by atoms with Gasteiger partial charge in [0.1, 0.15) is 0 Å². The molecule has 3 aliphatic rings. The highest BCUT2D eigenvalue weighted by Gasteiger charge is 2.34. The Morgan fingerprint density at radius 2 is 1.74 bits per heavy atom. The van der Waals surface area contributed by atoms with Gasteiger partial charge in [0.2, 0.25) is 0 Å². The third kappa shape index (κ3) is 3.48. The van der Waals surface area contributed by atoms with Crippen molar-refractivity contribution in [3.63, 3.8) is 0 Å². The van der Waals surface area contributed by atoms with Gasteiger partial charge in [0.15, 0.2) is 0 Å². The van der Waals surface area contributed by atoms with Crippen molar-refractivity contribution in [3.05, 3.63) is 0 Å². The molecule has 0 radical (unpaired) electrons. The summed E-state index contributed by atoms with van der Waals surface area (Å²) in [6.07, 6.45) is 8.49. The van der Waals surface area contributed by atoms with Gasteiger partial charge in [0, 0.05) is 12.6 Å². The van der Waals surface area contributed by atoms with Crippen LogP contribution in [0.1, 0.15) is 44.9 Å². The Hall–Kier alpha value is -0.160. The Kier molecular flexibility index (Phi) is 4.74. The highest BCUT2D eigenvalue weighted by molar-refractivity contribution is 4.88. The van der Waals surface area contributed by atoms with Crippen LogP contribution in [0.2, 0.25) is 0 Å². The third-order valence-corrected chi connectivity index (χ3v) is 5.02. The summed E-state index contributed by atoms with van der Waals surface area (Å²) in [5.74, 6) is 0.454. The maximum atomic E-state index is 10.0. The number of rotatable bonds is 3. The van der Waals surface area contributed by atoms with Crippen LogP contribution in [0.4, 0.5) is 0 Å². The molecule has 0 aromatic heterocycles. The van der Waals surface area contributed by atoms with Crippen LogP contribution in [-0.2, 0) is 9.47 Å². The number of hydrogen-bond acceptors (Lipinski definition) is 4. The van der Waals surface area contributed by atoms with Gasteiger partial charge in [-0.1, -0.05) is 12.8 Å². The van der Waals surface area contributed by atoms with Gasteiger partial charge in [-0.15, -0.1) is 0 Å². The van der Waals surface area contributed by atoms with Crippen LogP contribution in [-0.4, -0.2) is 49.2 Å². The second-order valence-corrected chi connectivity index (χ2v) is 6.35. The van der Waals surface area contributed by atoms with E-state index in [4.69, 9.17) is 9.47 Å². The number of aliphatic hydroxyl groups excluding tert-OH is 1. The molecule has 3 fully saturated rings. The zero-order valence-electron chi connectivity index (χ0n) is 11.7. The first kappa shape index (κ1) is 13.8. The molecule has 1 saturated heterocycles. The van der Waals surface area contributed by atoms with E-state index in [1.807, 2.05) is 0 Å². The maximum Gasteiger partial charge on any atom is 0.0852 e. The average Bonchev–Trinajstić information content (AvgIpc) is 2.46. The molecule has 4 heteroatoms. The van der Waals surface area contributed by atoms with E-state index in [-0.39, 0.29) is 12.2 Å². The van der Waals surface area contributed by atoms with Gasteiger partial charge >= 0.3 is 0 Å². The number of ether oxygens (including phenoxy) is 2. The fraction of sp³-hybridized carbons (Fsp3) is 1.00. The zero-order chi connectivity index (χ0) is 13.1. The van der Waals surface area contributed by atoms with Gasteiger partial charge in [-0.25, -0.2) is 0 Å². The fourth-order valence-corrected chi connectivity index (χ4v) is 3.80. The Labute approximate surface area is 115 Å². The molecule has 0 bridgehead atoms. The van der Waals surface area contributed by atoms with Gasteiger partial charge in [-0.2, -0.15) is 0 Å². The third-order valence-electron chi connectivity index (χ3n) is 5.02. The van der Waals surface area contributed by atoms with E-state index in [0.717, 1.165) is 39.0 Å². The standard InChI is InChI=1S/C15H27NO3/c17-13-4-2-1-3-11(13)10-16-12-5-6-14-15(9-12)19-8-7-18-14/h11-17H,1-10H2. The molecule has 110 valence electrons. The van der Waals surface area contributed by atoms with Crippen molar-refractivity contribution < 1.29 is 14.6 Å². The average molecular weight is 269 g/mol. The summed E-state index contributed by atoms with van der Waals surface area (Å²) in [5, 5.41) is 13.7. The predicted molar refractivity (Wildman–Crippen MR) is 73.1 cm³/mol. The summed E-state index contributed by atoms with van der Waals surface area (Å²) in [7, 11) is 0. The largest absolute Gasteiger partial charge is 0.393 e. The highest BCUT2D eigenvalue weighted by atomic mass is 16.6. The van der Waals surface area contributed by atoms with Crippen LogP contribution in [0.15, 0.2) is 0 Å². The second kappa shape index (κ2) is 6.53. The summed E-state index contributed by atoms with van der Waals surface area (Å²) in [5.41, 5.74) is 0. The van der Waals surface area contributed by atoms with Gasteiger partial charge < -0.3 is 19.9 Å². The first-order chi connectivity index (χ1) is 9.33. The van der Waals surface area contributed by atoms with Gasteiger partial charge in [0.05, 0.1) is 31.5 Å². The Bertz CT molecular complexity index is 287. The lowest BCUT2D eigenvalue weighted by Gasteiger charge is -2.40. The van der Waals surface area contributed by atoms with Crippen LogP contribution in [0, 0.1) is 5.92 Å². The van der Waals surface area contributed by atoms with E-state index in [1.165, 1.54) is 25.7 Å². The monoisotopic (exact) mass is 269 g/mol. The maximum absolute atomic E-state index is 10.0. The first-order valence-electron chi connectivity index (χ1n) is 7.97. The molecule has 4 nitrogen and oxygen atoms in total. The van der Waals surface area contributed by atoms with E-state index in [2.05, 4.69) is 5.32 Å². The zero-order valence-corrected chi connectivity index (χ0v) is 11.7. The van der Waals surface area contributed by atoms with Crippen LogP contribution >= 0.6 is 0 Å². The Morgan fingerprint density at radius 3 is 2.58 bits per heavy atom. The van der Waals surface area contributed by atoms with Crippen molar-refractivity contribution in [2.24, 2.45) is 5.92 Å². The molecule has 1 aliphatic heterocycles. The van der Waals surface area contributed by atoms with Crippen molar-refractivity contribution in [2.45, 2.75) is 69.3 Å². The summed E-state index contributed by atoms with van der Waals surface area (Å²) in [6, 6.07) is 0.539. The van der Waals surface area contributed by atoms with E-state index >= 15 is 0 Å². The van der Waals surface area contributed by atoms with E-state index in [0.29, 0.717) is 18.1 Å². The van der Waals surface area contributed by atoms with Crippen LogP contribution in [0.3, 0.4) is 0 Å². The second-order valence-electron chi connectivity index (χ2n) is 6.35. The lowest BCUT2D eigenvalue weighted by Crippen LogP contribution is -2.49. The number of nitrogens with one attached hydrogen (secondary N) is 1. The van der Waals surface area contributed by atoms with Crippen molar-refractivity contribution in [1.82, 2.24) is 5.32 Å². The van der Waals surface area contributed by atoms with Crippen LogP contribution in [0.5, 0.6) is 0 Å². The Morgan fingerprint density at radius 1 is 0.947 bits per heavy atom. The molecule has 3 rings (SSSR count). The van der Waals surface area contributed by atoms with E-state index in [9.17, 15) is 5.11 Å². The van der Waals surface area contributed by atoms with Crippen molar-refractivity contribution in [3.8, 4) is 0 Å². The molecule has 2 saturated carbocycles. The highest BCUT2D eigenvalue weighted by Crippen LogP contribution is 2.28. The minimum Gasteiger partial charge on any atom is -0.393 e. The molecule has 19 heavy (non-hydrogen) atoms. The van der Waals surface area contributed by atoms with E-state index in [1.54, 1.807) is 0 Å². The number of fused-ring (bicyclic) bond motifs is 1. The molecule has 5 unspecified atom stereocenters. The fourth-order valence-electron chi connectivity index (χ4n) is 3.80. The van der Waals surface area contributed by atoms with Crippen LogP contribution < -0.4 is 5.32 Å². The number of aliphatic hydroxyl groups is 1. The molecule has 0 spiro atoms. The lowest BCUT2D eigenvalue weighted by molar-refractivity contribution is -0.157. The summed E-state index contributed by atoms with van der Waals surface area (Å²) >= 11 is 0. The molecule has 2 N–H and O–H groups in total. The molecule has 0 aromatic carbocycles.